The number of pyridine rings is 1. The van der Waals surface area contributed by atoms with Gasteiger partial charge in [-0.25, -0.2) is 0 Å². The molecule has 1 amide bonds. The maximum atomic E-state index is 12.0. The second-order valence-corrected chi connectivity index (χ2v) is 5.20. The lowest BCUT2D eigenvalue weighted by Gasteiger charge is -2.10. The lowest BCUT2D eigenvalue weighted by molar-refractivity contribution is -0.684. The number of aryl methyl sites for hydroxylation is 1. The van der Waals surface area contributed by atoms with Crippen LogP contribution in [0.1, 0.15) is 18.1 Å². The van der Waals surface area contributed by atoms with Crippen LogP contribution in [-0.2, 0) is 24.3 Å². The molecular formula is C18H23N2O3+. The fourth-order valence-electron chi connectivity index (χ4n) is 2.24. The molecule has 5 nitrogen and oxygen atoms in total. The van der Waals surface area contributed by atoms with E-state index in [-0.39, 0.29) is 5.91 Å². The van der Waals surface area contributed by atoms with E-state index in [1.165, 1.54) is 5.56 Å². The Hall–Kier alpha value is -2.56. The first-order valence-corrected chi connectivity index (χ1v) is 7.61. The topological polar surface area (TPSA) is 51.4 Å². The second-order valence-electron chi connectivity index (χ2n) is 5.20. The van der Waals surface area contributed by atoms with Crippen molar-refractivity contribution in [2.75, 3.05) is 14.2 Å². The molecule has 122 valence electrons. The summed E-state index contributed by atoms with van der Waals surface area (Å²) in [5.41, 5.74) is 2.22. The van der Waals surface area contributed by atoms with Gasteiger partial charge in [-0.15, -0.1) is 0 Å². The van der Waals surface area contributed by atoms with Gasteiger partial charge in [0.05, 0.1) is 14.2 Å². The predicted molar refractivity (Wildman–Crippen MR) is 87.4 cm³/mol. The van der Waals surface area contributed by atoms with Crippen LogP contribution in [0.25, 0.3) is 0 Å². The SMILES string of the molecule is CCc1cc[n+](CC(=O)NCc2ccc(OC)c(OC)c2)cc1. The number of aromatic nitrogens is 1. The zero-order chi connectivity index (χ0) is 16.7. The summed E-state index contributed by atoms with van der Waals surface area (Å²) in [6.45, 7) is 2.86. The third kappa shape index (κ3) is 4.71. The van der Waals surface area contributed by atoms with Gasteiger partial charge in [-0.1, -0.05) is 13.0 Å². The highest BCUT2D eigenvalue weighted by atomic mass is 16.5. The summed E-state index contributed by atoms with van der Waals surface area (Å²) in [5, 5.41) is 2.91. The third-order valence-electron chi connectivity index (χ3n) is 3.63. The van der Waals surface area contributed by atoms with E-state index >= 15 is 0 Å². The van der Waals surface area contributed by atoms with Crippen LogP contribution in [0, 0.1) is 0 Å². The van der Waals surface area contributed by atoms with Crippen LogP contribution in [0.4, 0.5) is 0 Å². The van der Waals surface area contributed by atoms with Crippen LogP contribution in [-0.4, -0.2) is 20.1 Å². The molecule has 0 radical (unpaired) electrons. The molecule has 0 saturated carbocycles. The Morgan fingerprint density at radius 1 is 1.04 bits per heavy atom. The fraction of sp³-hybridized carbons (Fsp3) is 0.333. The van der Waals surface area contributed by atoms with Crippen molar-refractivity contribution in [3.8, 4) is 11.5 Å². The number of benzene rings is 1. The molecule has 0 aliphatic rings. The van der Waals surface area contributed by atoms with E-state index in [9.17, 15) is 4.79 Å². The van der Waals surface area contributed by atoms with Gasteiger partial charge in [-0.3, -0.25) is 4.79 Å². The number of ether oxygens (including phenoxy) is 2. The van der Waals surface area contributed by atoms with Gasteiger partial charge in [-0.2, -0.15) is 4.57 Å². The van der Waals surface area contributed by atoms with E-state index < -0.39 is 0 Å². The number of hydrogen-bond donors (Lipinski definition) is 1. The van der Waals surface area contributed by atoms with Crippen molar-refractivity contribution in [1.82, 2.24) is 5.32 Å². The van der Waals surface area contributed by atoms with Crippen LogP contribution in [0.2, 0.25) is 0 Å². The minimum Gasteiger partial charge on any atom is -0.493 e. The maximum absolute atomic E-state index is 12.0. The van der Waals surface area contributed by atoms with Crippen LogP contribution < -0.4 is 19.4 Å². The first-order chi connectivity index (χ1) is 11.2. The molecule has 2 aromatic rings. The van der Waals surface area contributed by atoms with Gasteiger partial charge in [0.1, 0.15) is 0 Å². The standard InChI is InChI=1S/C18H22N2O3/c1-4-14-7-9-20(10-8-14)13-18(21)19-12-15-5-6-16(22-2)17(11-15)23-3/h5-11H,4,12-13H2,1-3H3/p+1. The molecule has 1 N–H and O–H groups in total. The molecule has 0 aliphatic carbocycles. The third-order valence-corrected chi connectivity index (χ3v) is 3.63. The van der Waals surface area contributed by atoms with Crippen LogP contribution in [0.5, 0.6) is 11.5 Å². The van der Waals surface area contributed by atoms with E-state index in [0.717, 1.165) is 12.0 Å². The van der Waals surface area contributed by atoms with E-state index in [0.29, 0.717) is 24.6 Å². The minimum absolute atomic E-state index is 0.0333. The summed E-state index contributed by atoms with van der Waals surface area (Å²) in [4.78, 5) is 12.0. The number of methoxy groups -OCH3 is 2. The number of carbonyl (C=O) groups excluding carboxylic acids is 1. The quantitative estimate of drug-likeness (QED) is 0.794. The summed E-state index contributed by atoms with van der Waals surface area (Å²) in [7, 11) is 3.19. The Labute approximate surface area is 136 Å². The molecule has 0 saturated heterocycles. The lowest BCUT2D eigenvalue weighted by atomic mass is 10.2. The van der Waals surface area contributed by atoms with Gasteiger partial charge in [0.15, 0.2) is 23.9 Å². The molecule has 0 fully saturated rings. The molecule has 0 spiro atoms. The van der Waals surface area contributed by atoms with Crippen molar-refractivity contribution >= 4 is 5.91 Å². The molecule has 0 unspecified atom stereocenters. The largest absolute Gasteiger partial charge is 0.493 e. The van der Waals surface area contributed by atoms with E-state index in [4.69, 9.17) is 9.47 Å². The number of nitrogens with one attached hydrogen (secondary N) is 1. The fourth-order valence-corrected chi connectivity index (χ4v) is 2.24. The van der Waals surface area contributed by atoms with E-state index in [2.05, 4.69) is 12.2 Å². The zero-order valence-electron chi connectivity index (χ0n) is 13.8. The monoisotopic (exact) mass is 315 g/mol. The first-order valence-electron chi connectivity index (χ1n) is 7.61. The van der Waals surface area contributed by atoms with Crippen molar-refractivity contribution in [2.45, 2.75) is 26.4 Å². The van der Waals surface area contributed by atoms with E-state index in [1.54, 1.807) is 14.2 Å². The second kappa shape index (κ2) is 8.17. The van der Waals surface area contributed by atoms with Crippen molar-refractivity contribution in [3.63, 3.8) is 0 Å². The Bertz CT molecular complexity index is 654. The molecule has 5 heteroatoms. The smallest absolute Gasteiger partial charge is 0.286 e. The maximum Gasteiger partial charge on any atom is 0.286 e. The average molecular weight is 315 g/mol. The molecule has 1 aromatic heterocycles. The molecule has 0 bridgehead atoms. The van der Waals surface area contributed by atoms with Crippen molar-refractivity contribution in [3.05, 3.63) is 53.9 Å². The van der Waals surface area contributed by atoms with Crippen molar-refractivity contribution < 1.29 is 18.8 Å². The van der Waals surface area contributed by atoms with Crippen molar-refractivity contribution in [1.29, 1.82) is 0 Å². The normalized spacial score (nSPS) is 10.2. The van der Waals surface area contributed by atoms with Gasteiger partial charge in [-0.05, 0) is 29.7 Å². The molecule has 2 rings (SSSR count). The van der Waals surface area contributed by atoms with Gasteiger partial charge < -0.3 is 14.8 Å². The summed E-state index contributed by atoms with van der Waals surface area (Å²) in [6.07, 6.45) is 4.84. The highest BCUT2D eigenvalue weighted by Gasteiger charge is 2.10. The average Bonchev–Trinajstić information content (AvgIpc) is 2.60. The highest BCUT2D eigenvalue weighted by molar-refractivity contribution is 5.74. The first kappa shape index (κ1) is 16.8. The molecular weight excluding hydrogens is 292 g/mol. The molecule has 1 heterocycles. The predicted octanol–water partition coefficient (Wildman–Crippen LogP) is 1.87. The van der Waals surface area contributed by atoms with Crippen LogP contribution in [0.15, 0.2) is 42.7 Å². The zero-order valence-corrected chi connectivity index (χ0v) is 13.8. The lowest BCUT2D eigenvalue weighted by Crippen LogP contribution is -2.42. The van der Waals surface area contributed by atoms with Gasteiger partial charge >= 0.3 is 0 Å². The minimum atomic E-state index is -0.0333. The number of amides is 1. The van der Waals surface area contributed by atoms with Crippen LogP contribution >= 0.6 is 0 Å². The summed E-state index contributed by atoms with van der Waals surface area (Å²) >= 11 is 0. The Kier molecular flexibility index (Phi) is 5.97. The number of hydrogen-bond acceptors (Lipinski definition) is 3. The molecule has 0 aliphatic heterocycles. The number of nitrogens with zero attached hydrogens (tertiary/aromatic N) is 1. The molecule has 23 heavy (non-hydrogen) atoms. The van der Waals surface area contributed by atoms with Gasteiger partial charge in [0.2, 0.25) is 6.54 Å². The Morgan fingerprint density at radius 2 is 1.74 bits per heavy atom. The number of rotatable bonds is 7. The number of carbonyl (C=O) groups is 1. The Balaban J connectivity index is 1.90. The van der Waals surface area contributed by atoms with Gasteiger partial charge in [0.25, 0.3) is 5.91 Å². The summed E-state index contributed by atoms with van der Waals surface area (Å²) < 4.78 is 12.3. The Morgan fingerprint density at radius 3 is 2.35 bits per heavy atom. The van der Waals surface area contributed by atoms with Gasteiger partial charge in [0, 0.05) is 18.7 Å². The summed E-state index contributed by atoms with van der Waals surface area (Å²) in [5.74, 6) is 1.30. The molecule has 1 aromatic carbocycles. The van der Waals surface area contributed by atoms with E-state index in [1.807, 2.05) is 47.3 Å². The summed E-state index contributed by atoms with van der Waals surface area (Å²) in [6, 6.07) is 9.66. The van der Waals surface area contributed by atoms with Crippen LogP contribution in [0.3, 0.4) is 0 Å². The molecule has 0 atom stereocenters. The van der Waals surface area contributed by atoms with Crippen molar-refractivity contribution in [2.24, 2.45) is 0 Å². The highest BCUT2D eigenvalue weighted by Crippen LogP contribution is 2.27.